The Morgan fingerprint density at radius 3 is 2.37 bits per heavy atom. The highest BCUT2D eigenvalue weighted by Gasteiger charge is 2.35. The van der Waals surface area contributed by atoms with Crippen LogP contribution in [0, 0.1) is 10.1 Å². The van der Waals surface area contributed by atoms with Crippen molar-refractivity contribution in [1.82, 2.24) is 0 Å². The second-order valence-corrected chi connectivity index (χ2v) is 6.01. The summed E-state index contributed by atoms with van der Waals surface area (Å²) in [6.07, 6.45) is 1.29. The number of sulfone groups is 1. The normalized spacial score (nSPS) is 13.1. The number of benzene rings is 1. The van der Waals surface area contributed by atoms with Gasteiger partial charge in [0.25, 0.3) is 0 Å². The summed E-state index contributed by atoms with van der Waals surface area (Å²) in [5.74, 6) is 0.0700. The summed E-state index contributed by atoms with van der Waals surface area (Å²) in [6.45, 7) is -0.731. The van der Waals surface area contributed by atoms with Gasteiger partial charge >= 0.3 is 0 Å². The Balaban J connectivity index is 2.47. The maximum Gasteiger partial charge on any atom is 0.228 e. The predicted molar refractivity (Wildman–Crippen MR) is 66.9 cm³/mol. The monoisotopic (exact) mass is 281 g/mol. The molecule has 1 aromatic carbocycles. The number of nitro groups is 1. The molecule has 0 amide bonds. The molecule has 2 aromatic rings. The van der Waals surface area contributed by atoms with E-state index in [-0.39, 0.29) is 10.7 Å². The second-order valence-electron chi connectivity index (χ2n) is 3.88. The second kappa shape index (κ2) is 5.23. The van der Waals surface area contributed by atoms with E-state index < -0.39 is 26.6 Å². The number of hydrogen-bond acceptors (Lipinski definition) is 5. The van der Waals surface area contributed by atoms with Gasteiger partial charge in [0.1, 0.15) is 5.76 Å². The molecular weight excluding hydrogens is 270 g/mol. The standard InChI is InChI=1S/C12H11NO5S/c14-13(15)9-12(11-7-4-8-18-11)19(16,17)10-5-2-1-3-6-10/h1-8,12H,9H2. The fourth-order valence-electron chi connectivity index (χ4n) is 1.73. The molecule has 19 heavy (non-hydrogen) atoms. The Morgan fingerprint density at radius 2 is 1.84 bits per heavy atom. The van der Waals surface area contributed by atoms with Crippen molar-refractivity contribution in [2.45, 2.75) is 10.1 Å². The fraction of sp³-hybridized carbons (Fsp3) is 0.167. The Labute approximate surface area is 109 Å². The zero-order chi connectivity index (χ0) is 13.9. The van der Waals surface area contributed by atoms with E-state index in [0.717, 1.165) is 0 Å². The molecular formula is C12H11NO5S. The third-order valence-corrected chi connectivity index (χ3v) is 4.68. The van der Waals surface area contributed by atoms with E-state index in [9.17, 15) is 18.5 Å². The molecule has 6 nitrogen and oxygen atoms in total. The Bertz CT molecular complexity index is 649. The molecule has 0 saturated heterocycles. The van der Waals surface area contributed by atoms with Crippen LogP contribution in [-0.2, 0) is 9.84 Å². The summed E-state index contributed by atoms with van der Waals surface area (Å²) < 4.78 is 29.8. The van der Waals surface area contributed by atoms with Crippen molar-refractivity contribution >= 4 is 9.84 Å². The van der Waals surface area contributed by atoms with Crippen LogP contribution in [0.1, 0.15) is 11.0 Å². The number of furan rings is 1. The minimum atomic E-state index is -3.85. The first-order chi connectivity index (χ1) is 9.01. The topological polar surface area (TPSA) is 90.4 Å². The van der Waals surface area contributed by atoms with Crippen molar-refractivity contribution in [2.75, 3.05) is 6.54 Å². The van der Waals surface area contributed by atoms with Crippen molar-refractivity contribution in [2.24, 2.45) is 0 Å². The van der Waals surface area contributed by atoms with Crippen LogP contribution in [0.2, 0.25) is 0 Å². The lowest BCUT2D eigenvalue weighted by Crippen LogP contribution is -2.21. The molecule has 0 radical (unpaired) electrons. The molecule has 0 aliphatic rings. The van der Waals surface area contributed by atoms with Crippen LogP contribution in [0.25, 0.3) is 0 Å². The lowest BCUT2D eigenvalue weighted by Gasteiger charge is -2.11. The minimum absolute atomic E-state index is 0.0400. The van der Waals surface area contributed by atoms with E-state index in [2.05, 4.69) is 0 Å². The Morgan fingerprint density at radius 1 is 1.16 bits per heavy atom. The van der Waals surface area contributed by atoms with Gasteiger partial charge in [-0.15, -0.1) is 0 Å². The first kappa shape index (κ1) is 13.3. The zero-order valence-corrected chi connectivity index (χ0v) is 10.6. The smallest absolute Gasteiger partial charge is 0.228 e. The molecule has 1 heterocycles. The van der Waals surface area contributed by atoms with Crippen molar-refractivity contribution in [3.05, 3.63) is 64.6 Å². The molecule has 0 fully saturated rings. The Hall–Kier alpha value is -2.15. The first-order valence-electron chi connectivity index (χ1n) is 5.46. The van der Waals surface area contributed by atoms with Gasteiger partial charge in [0, 0.05) is 4.92 Å². The van der Waals surface area contributed by atoms with Gasteiger partial charge in [-0.3, -0.25) is 10.1 Å². The zero-order valence-electron chi connectivity index (χ0n) is 9.80. The van der Waals surface area contributed by atoms with Crippen LogP contribution in [0.15, 0.2) is 58.0 Å². The summed E-state index contributed by atoms with van der Waals surface area (Å²) in [7, 11) is -3.85. The predicted octanol–water partition coefficient (Wildman–Crippen LogP) is 2.07. The highest BCUT2D eigenvalue weighted by atomic mass is 32.2. The van der Waals surface area contributed by atoms with E-state index in [4.69, 9.17) is 4.42 Å². The van der Waals surface area contributed by atoms with Crippen LogP contribution < -0.4 is 0 Å². The molecule has 1 atom stereocenters. The minimum Gasteiger partial charge on any atom is -0.468 e. The summed E-state index contributed by atoms with van der Waals surface area (Å²) in [6, 6.07) is 10.6. The van der Waals surface area contributed by atoms with Gasteiger partial charge in [-0.25, -0.2) is 8.42 Å². The molecule has 2 rings (SSSR count). The summed E-state index contributed by atoms with van der Waals surface area (Å²) >= 11 is 0. The molecule has 0 bridgehead atoms. The molecule has 100 valence electrons. The highest BCUT2D eigenvalue weighted by Crippen LogP contribution is 2.29. The van der Waals surface area contributed by atoms with E-state index in [1.807, 2.05) is 0 Å². The summed E-state index contributed by atoms with van der Waals surface area (Å²) in [5.41, 5.74) is 0. The lowest BCUT2D eigenvalue weighted by atomic mass is 10.3. The van der Waals surface area contributed by atoms with Gasteiger partial charge in [0.15, 0.2) is 15.1 Å². The Kier molecular flexibility index (Phi) is 3.66. The van der Waals surface area contributed by atoms with Gasteiger partial charge in [-0.1, -0.05) is 18.2 Å². The fourth-order valence-corrected chi connectivity index (χ4v) is 3.35. The largest absolute Gasteiger partial charge is 0.468 e. The molecule has 0 N–H and O–H groups in total. The molecule has 0 spiro atoms. The maximum atomic E-state index is 12.4. The third-order valence-electron chi connectivity index (χ3n) is 2.62. The number of nitrogens with zero attached hydrogens (tertiary/aromatic N) is 1. The number of hydrogen-bond donors (Lipinski definition) is 0. The van der Waals surface area contributed by atoms with Gasteiger partial charge in [0.05, 0.1) is 11.2 Å². The van der Waals surface area contributed by atoms with Gasteiger partial charge in [0.2, 0.25) is 6.54 Å². The van der Waals surface area contributed by atoms with E-state index in [1.165, 1.54) is 30.5 Å². The molecule has 0 saturated carbocycles. The molecule has 1 unspecified atom stereocenters. The summed E-state index contributed by atoms with van der Waals surface area (Å²) in [5, 5.41) is 9.36. The van der Waals surface area contributed by atoms with E-state index in [1.54, 1.807) is 18.2 Å². The number of rotatable bonds is 5. The molecule has 7 heteroatoms. The van der Waals surface area contributed by atoms with Crippen molar-refractivity contribution in [1.29, 1.82) is 0 Å². The highest BCUT2D eigenvalue weighted by molar-refractivity contribution is 7.91. The molecule has 0 aliphatic heterocycles. The van der Waals surface area contributed by atoms with Gasteiger partial charge < -0.3 is 4.42 Å². The SMILES string of the molecule is O=[N+]([O-])CC(c1ccco1)S(=O)(=O)c1ccccc1. The van der Waals surface area contributed by atoms with Crippen molar-refractivity contribution in [3.63, 3.8) is 0 Å². The van der Waals surface area contributed by atoms with Crippen LogP contribution in [0.3, 0.4) is 0 Å². The quantitative estimate of drug-likeness (QED) is 0.618. The van der Waals surface area contributed by atoms with Gasteiger partial charge in [-0.05, 0) is 24.3 Å². The average molecular weight is 281 g/mol. The van der Waals surface area contributed by atoms with Crippen LogP contribution in [0.4, 0.5) is 0 Å². The van der Waals surface area contributed by atoms with Crippen molar-refractivity contribution < 1.29 is 17.8 Å². The van der Waals surface area contributed by atoms with Crippen LogP contribution >= 0.6 is 0 Å². The van der Waals surface area contributed by atoms with Crippen molar-refractivity contribution in [3.8, 4) is 0 Å². The molecule has 1 aromatic heterocycles. The van der Waals surface area contributed by atoms with Crippen LogP contribution in [-0.4, -0.2) is 19.9 Å². The van der Waals surface area contributed by atoms with Gasteiger partial charge in [-0.2, -0.15) is 0 Å². The molecule has 0 aliphatic carbocycles. The maximum absolute atomic E-state index is 12.4. The van der Waals surface area contributed by atoms with E-state index in [0.29, 0.717) is 0 Å². The van der Waals surface area contributed by atoms with E-state index >= 15 is 0 Å². The lowest BCUT2D eigenvalue weighted by molar-refractivity contribution is -0.480. The summed E-state index contributed by atoms with van der Waals surface area (Å²) in [4.78, 5) is 10.1. The average Bonchev–Trinajstić information content (AvgIpc) is 2.90. The first-order valence-corrected chi connectivity index (χ1v) is 7.00. The van der Waals surface area contributed by atoms with Crippen LogP contribution in [0.5, 0.6) is 0 Å². The third kappa shape index (κ3) is 2.82.